The highest BCUT2D eigenvalue weighted by atomic mass is 16.5. The van der Waals surface area contributed by atoms with Crippen LogP contribution in [0.3, 0.4) is 0 Å². The summed E-state index contributed by atoms with van der Waals surface area (Å²) in [6.07, 6.45) is 0.584. The van der Waals surface area contributed by atoms with Crippen molar-refractivity contribution in [2.24, 2.45) is 0 Å². The zero-order valence-corrected chi connectivity index (χ0v) is 19.0. The van der Waals surface area contributed by atoms with Crippen LogP contribution in [0.1, 0.15) is 18.3 Å². The average Bonchev–Trinajstić information content (AvgIpc) is 3.24. The van der Waals surface area contributed by atoms with Crippen LogP contribution in [0.15, 0.2) is 47.3 Å². The minimum atomic E-state index is -0.348. The van der Waals surface area contributed by atoms with Gasteiger partial charge in [0, 0.05) is 23.9 Å². The molecule has 0 aliphatic rings. The third-order valence-corrected chi connectivity index (χ3v) is 5.55. The second-order valence-corrected chi connectivity index (χ2v) is 7.45. The molecule has 0 atom stereocenters. The molecule has 0 bridgehead atoms. The van der Waals surface area contributed by atoms with Crippen molar-refractivity contribution in [3.05, 3.63) is 64.2 Å². The summed E-state index contributed by atoms with van der Waals surface area (Å²) < 4.78 is 19.1. The first-order valence-electron chi connectivity index (χ1n) is 10.6. The Labute approximate surface area is 190 Å². The zero-order chi connectivity index (χ0) is 23.5. The molecule has 1 N–H and O–H groups in total. The van der Waals surface area contributed by atoms with E-state index < -0.39 is 0 Å². The Balaban J connectivity index is 1.64. The SMILES string of the molecule is CCc1nn(CC(=O)NCc2cc(OC)ccc2OC)c(=O)c2cc3c(OC)cccc3n12. The van der Waals surface area contributed by atoms with E-state index in [0.29, 0.717) is 35.0 Å². The van der Waals surface area contributed by atoms with Crippen LogP contribution in [-0.2, 0) is 24.3 Å². The summed E-state index contributed by atoms with van der Waals surface area (Å²) in [6, 6.07) is 12.8. The highest BCUT2D eigenvalue weighted by Gasteiger charge is 2.17. The van der Waals surface area contributed by atoms with Crippen molar-refractivity contribution in [1.82, 2.24) is 19.5 Å². The van der Waals surface area contributed by atoms with Crippen LogP contribution in [0.5, 0.6) is 17.2 Å². The number of nitrogens with one attached hydrogen (secondary N) is 1. The Kier molecular flexibility index (Phi) is 6.21. The van der Waals surface area contributed by atoms with Gasteiger partial charge in [0.15, 0.2) is 0 Å². The number of carbonyl (C=O) groups excluding carboxylic acids is 1. The normalized spacial score (nSPS) is 11.0. The maximum Gasteiger partial charge on any atom is 0.291 e. The van der Waals surface area contributed by atoms with Gasteiger partial charge in [0.25, 0.3) is 5.56 Å². The third-order valence-electron chi connectivity index (χ3n) is 5.55. The average molecular weight is 450 g/mol. The number of methoxy groups -OCH3 is 3. The monoisotopic (exact) mass is 450 g/mol. The van der Waals surface area contributed by atoms with E-state index in [1.807, 2.05) is 29.5 Å². The van der Waals surface area contributed by atoms with E-state index in [1.165, 1.54) is 4.68 Å². The molecule has 0 saturated heterocycles. The van der Waals surface area contributed by atoms with E-state index in [2.05, 4.69) is 10.4 Å². The van der Waals surface area contributed by atoms with Crippen LogP contribution in [0.2, 0.25) is 0 Å². The molecule has 9 heteroatoms. The largest absolute Gasteiger partial charge is 0.497 e. The van der Waals surface area contributed by atoms with E-state index in [0.717, 1.165) is 16.5 Å². The first-order chi connectivity index (χ1) is 16.0. The van der Waals surface area contributed by atoms with Crippen LogP contribution in [-0.4, -0.2) is 41.4 Å². The number of nitrogens with zero attached hydrogens (tertiary/aromatic N) is 3. The number of amides is 1. The van der Waals surface area contributed by atoms with Crippen molar-refractivity contribution < 1.29 is 19.0 Å². The summed E-state index contributed by atoms with van der Waals surface area (Å²) in [6.45, 7) is 1.98. The highest BCUT2D eigenvalue weighted by molar-refractivity contribution is 5.92. The fourth-order valence-corrected chi connectivity index (χ4v) is 3.92. The quantitative estimate of drug-likeness (QED) is 0.443. The summed E-state index contributed by atoms with van der Waals surface area (Å²) in [7, 11) is 4.73. The molecule has 0 aliphatic carbocycles. The van der Waals surface area contributed by atoms with Gasteiger partial charge in [-0.1, -0.05) is 13.0 Å². The minimum absolute atomic E-state index is 0.201. The summed E-state index contributed by atoms with van der Waals surface area (Å²) in [4.78, 5) is 25.9. The molecule has 0 unspecified atom stereocenters. The maximum atomic E-state index is 13.2. The summed E-state index contributed by atoms with van der Waals surface area (Å²) in [5, 5.41) is 8.12. The van der Waals surface area contributed by atoms with Crippen LogP contribution < -0.4 is 25.1 Å². The standard InChI is InChI=1S/C24H26N4O5/c1-5-22-26-27(14-23(29)25-13-15-11-16(31-2)9-10-20(15)32-3)24(30)19-12-17-18(28(19)22)7-6-8-21(17)33-4/h6-12H,5,13-14H2,1-4H3,(H,25,29). The fourth-order valence-electron chi connectivity index (χ4n) is 3.92. The molecule has 0 aliphatic heterocycles. The van der Waals surface area contributed by atoms with Crippen molar-refractivity contribution in [3.8, 4) is 17.2 Å². The summed E-state index contributed by atoms with van der Waals surface area (Å²) in [5.41, 5.74) is 1.70. The van der Waals surface area contributed by atoms with Crippen LogP contribution in [0.4, 0.5) is 0 Å². The van der Waals surface area contributed by atoms with Gasteiger partial charge in [-0.25, -0.2) is 4.68 Å². The summed E-state index contributed by atoms with van der Waals surface area (Å²) >= 11 is 0. The number of aromatic nitrogens is 3. The van der Waals surface area contributed by atoms with Crippen molar-refractivity contribution in [1.29, 1.82) is 0 Å². The lowest BCUT2D eigenvalue weighted by atomic mass is 10.2. The van der Waals surface area contributed by atoms with Crippen molar-refractivity contribution in [2.75, 3.05) is 21.3 Å². The third kappa shape index (κ3) is 4.09. The molecule has 0 fully saturated rings. The molecule has 0 spiro atoms. The Hall–Kier alpha value is -4.01. The number of hydrogen-bond donors (Lipinski definition) is 1. The Morgan fingerprint density at radius 1 is 1.00 bits per heavy atom. The molecule has 0 radical (unpaired) electrons. The molecule has 172 valence electrons. The topological polar surface area (TPSA) is 96.1 Å². The van der Waals surface area contributed by atoms with E-state index in [1.54, 1.807) is 45.6 Å². The Morgan fingerprint density at radius 3 is 2.48 bits per heavy atom. The molecule has 1 amide bonds. The highest BCUT2D eigenvalue weighted by Crippen LogP contribution is 2.28. The zero-order valence-electron chi connectivity index (χ0n) is 19.0. The number of benzene rings is 2. The van der Waals surface area contributed by atoms with E-state index in [4.69, 9.17) is 14.2 Å². The molecule has 2 heterocycles. The van der Waals surface area contributed by atoms with Gasteiger partial charge < -0.3 is 19.5 Å². The van der Waals surface area contributed by atoms with Crippen molar-refractivity contribution in [3.63, 3.8) is 0 Å². The van der Waals surface area contributed by atoms with Gasteiger partial charge in [0.1, 0.15) is 35.1 Å². The van der Waals surface area contributed by atoms with Crippen LogP contribution in [0.25, 0.3) is 16.4 Å². The second kappa shape index (κ2) is 9.23. The lowest BCUT2D eigenvalue weighted by Crippen LogP contribution is -2.35. The number of carbonyl (C=O) groups is 1. The molecular formula is C24H26N4O5. The maximum absolute atomic E-state index is 13.2. The molecule has 2 aromatic heterocycles. The van der Waals surface area contributed by atoms with Gasteiger partial charge in [-0.2, -0.15) is 5.10 Å². The first kappa shape index (κ1) is 22.2. The second-order valence-electron chi connectivity index (χ2n) is 7.45. The first-order valence-corrected chi connectivity index (χ1v) is 10.6. The van der Waals surface area contributed by atoms with Gasteiger partial charge in [0.05, 0.1) is 26.8 Å². The Morgan fingerprint density at radius 2 is 1.79 bits per heavy atom. The predicted octanol–water partition coefficient (Wildman–Crippen LogP) is 2.55. The van der Waals surface area contributed by atoms with Crippen molar-refractivity contribution in [2.45, 2.75) is 26.4 Å². The molecule has 4 rings (SSSR count). The molecule has 4 aromatic rings. The van der Waals surface area contributed by atoms with Crippen molar-refractivity contribution >= 4 is 22.3 Å². The number of ether oxygens (including phenoxy) is 3. The van der Waals surface area contributed by atoms with Gasteiger partial charge in [-0.05, 0) is 36.4 Å². The van der Waals surface area contributed by atoms with Crippen LogP contribution >= 0.6 is 0 Å². The van der Waals surface area contributed by atoms with E-state index >= 15 is 0 Å². The number of rotatable bonds is 8. The Bertz CT molecular complexity index is 1390. The minimum Gasteiger partial charge on any atom is -0.497 e. The van der Waals surface area contributed by atoms with E-state index in [9.17, 15) is 9.59 Å². The molecule has 9 nitrogen and oxygen atoms in total. The predicted molar refractivity (Wildman–Crippen MR) is 124 cm³/mol. The molecular weight excluding hydrogens is 424 g/mol. The number of aryl methyl sites for hydroxylation is 1. The molecule has 0 saturated carbocycles. The lowest BCUT2D eigenvalue weighted by Gasteiger charge is -2.13. The van der Waals surface area contributed by atoms with Gasteiger partial charge in [-0.15, -0.1) is 0 Å². The molecule has 33 heavy (non-hydrogen) atoms. The van der Waals surface area contributed by atoms with E-state index in [-0.39, 0.29) is 24.6 Å². The number of hydrogen-bond acceptors (Lipinski definition) is 6. The molecule has 2 aromatic carbocycles. The fraction of sp³-hybridized carbons (Fsp3) is 0.292. The van der Waals surface area contributed by atoms with Gasteiger partial charge in [0.2, 0.25) is 5.91 Å². The van der Waals surface area contributed by atoms with Gasteiger partial charge >= 0.3 is 0 Å². The van der Waals surface area contributed by atoms with Gasteiger partial charge in [-0.3, -0.25) is 14.0 Å². The summed E-state index contributed by atoms with van der Waals surface area (Å²) in [5.74, 6) is 2.31. The van der Waals surface area contributed by atoms with Crippen LogP contribution in [0, 0.1) is 0 Å². The number of fused-ring (bicyclic) bond motifs is 3. The smallest absolute Gasteiger partial charge is 0.291 e. The lowest BCUT2D eigenvalue weighted by molar-refractivity contribution is -0.122.